The van der Waals surface area contributed by atoms with Gasteiger partial charge in [-0.3, -0.25) is 24.1 Å². The second-order valence-corrected chi connectivity index (χ2v) is 18.6. The highest BCUT2D eigenvalue weighted by atomic mass is 32.1. The molecule has 1 aliphatic heterocycles. The summed E-state index contributed by atoms with van der Waals surface area (Å²) in [5.41, 5.74) is 4.90. The molecule has 0 aliphatic carbocycles. The number of hydrogen-bond acceptors (Lipinski definition) is 11. The van der Waals surface area contributed by atoms with Crippen LogP contribution in [0, 0.1) is 23.1 Å². The van der Waals surface area contributed by atoms with Crippen LogP contribution in [0.1, 0.15) is 140 Å². The Hall–Kier alpha value is -4.35. The second kappa shape index (κ2) is 25.1. The van der Waals surface area contributed by atoms with Crippen LogP contribution in [-0.2, 0) is 25.5 Å². The molecule has 0 bridgehead atoms. The fourth-order valence-corrected chi connectivity index (χ4v) is 8.67. The van der Waals surface area contributed by atoms with Crippen molar-refractivity contribution in [3.63, 3.8) is 0 Å². The summed E-state index contributed by atoms with van der Waals surface area (Å²) in [4.78, 5) is 76.4. The van der Waals surface area contributed by atoms with Gasteiger partial charge in [-0.05, 0) is 89.1 Å². The molecule has 348 valence electrons. The van der Waals surface area contributed by atoms with Crippen molar-refractivity contribution in [2.75, 3.05) is 39.0 Å². The molecular weight excluding hydrogens is 818 g/mol. The molecule has 4 amide bonds. The number of likely N-dealkylation sites (N-methyl/N-ethyl adjacent to an activating group) is 1. The van der Waals surface area contributed by atoms with Crippen molar-refractivity contribution in [2.45, 2.75) is 149 Å². The zero-order chi connectivity index (χ0) is 46.1. The highest BCUT2D eigenvalue weighted by molar-refractivity contribution is 7.09. The minimum absolute atomic E-state index is 0.00296. The molecule has 1 aromatic heterocycles. The highest BCUT2D eigenvalue weighted by Crippen LogP contribution is 2.33. The number of aliphatic hydroxyl groups excluding tert-OH is 1. The number of amides is 4. The van der Waals surface area contributed by atoms with E-state index in [4.69, 9.17) is 10.5 Å². The lowest BCUT2D eigenvalue weighted by atomic mass is 9.84. The number of aromatic nitrogens is 1. The lowest BCUT2D eigenvalue weighted by molar-refractivity contribution is -0.147. The number of nitrogen functional groups attached to an aromatic ring is 1. The predicted octanol–water partition coefficient (Wildman–Crippen LogP) is 6.30. The number of aliphatic carboxylic acids is 1. The van der Waals surface area contributed by atoms with Crippen LogP contribution in [-0.4, -0.2) is 112 Å². The number of carbonyl (C=O) groups is 5. The smallest absolute Gasteiger partial charge is 0.407 e. The first-order chi connectivity index (χ1) is 29.3. The monoisotopic (exact) mass is 890 g/mol. The van der Waals surface area contributed by atoms with Crippen LogP contribution in [0.5, 0.6) is 0 Å². The number of rotatable bonds is 25. The van der Waals surface area contributed by atoms with E-state index in [9.17, 15) is 38.6 Å². The van der Waals surface area contributed by atoms with E-state index >= 15 is 0 Å². The molecule has 1 saturated heterocycles. The fourth-order valence-electron chi connectivity index (χ4n) is 7.83. The number of nitrogens with one attached hydrogen (secondary N) is 3. The van der Waals surface area contributed by atoms with E-state index in [1.165, 1.54) is 17.5 Å². The predicted molar refractivity (Wildman–Crippen MR) is 239 cm³/mol. The summed E-state index contributed by atoms with van der Waals surface area (Å²) < 4.78 is 20.4. The van der Waals surface area contributed by atoms with Gasteiger partial charge in [-0.15, -0.1) is 11.3 Å². The van der Waals surface area contributed by atoms with E-state index < -0.39 is 53.4 Å². The van der Waals surface area contributed by atoms with Crippen LogP contribution >= 0.6 is 11.3 Å². The summed E-state index contributed by atoms with van der Waals surface area (Å²) in [6.45, 7) is 14.0. The highest BCUT2D eigenvalue weighted by Gasteiger charge is 2.39. The molecule has 2 aromatic rings. The Labute approximate surface area is 371 Å². The number of unbranched alkanes of at least 4 members (excludes halogenated alkanes) is 3. The molecule has 17 heteroatoms. The maximum Gasteiger partial charge on any atom is 0.407 e. The molecule has 3 rings (SSSR count). The average Bonchev–Trinajstić information content (AvgIpc) is 3.72. The third kappa shape index (κ3) is 15.5. The summed E-state index contributed by atoms with van der Waals surface area (Å²) in [5, 5.41) is 29.7. The van der Waals surface area contributed by atoms with E-state index in [0.29, 0.717) is 24.9 Å². The zero-order valence-corrected chi connectivity index (χ0v) is 38.8. The van der Waals surface area contributed by atoms with E-state index in [0.717, 1.165) is 56.4 Å². The van der Waals surface area contributed by atoms with Gasteiger partial charge in [0, 0.05) is 37.0 Å². The molecule has 5 unspecified atom stereocenters. The third-order valence-corrected chi connectivity index (χ3v) is 12.8. The summed E-state index contributed by atoms with van der Waals surface area (Å²) >= 11 is 1.09. The maximum absolute atomic E-state index is 15.0. The van der Waals surface area contributed by atoms with Crippen LogP contribution in [0.25, 0.3) is 0 Å². The van der Waals surface area contributed by atoms with Crippen LogP contribution in [0.4, 0.5) is 14.9 Å². The number of carboxylic acids is 1. The van der Waals surface area contributed by atoms with Crippen molar-refractivity contribution in [1.82, 2.24) is 30.7 Å². The second-order valence-electron chi connectivity index (χ2n) is 17.7. The van der Waals surface area contributed by atoms with Gasteiger partial charge in [-0.25, -0.2) is 14.2 Å². The first-order valence-corrected chi connectivity index (χ1v) is 23.1. The zero-order valence-electron chi connectivity index (χ0n) is 38.0. The Bertz CT molecular complexity index is 1780. The molecule has 6 atom stereocenters. The van der Waals surface area contributed by atoms with Crippen molar-refractivity contribution >= 4 is 46.8 Å². The van der Waals surface area contributed by atoms with Gasteiger partial charge >= 0.3 is 12.1 Å². The molecule has 2 heterocycles. The van der Waals surface area contributed by atoms with Gasteiger partial charge < -0.3 is 41.5 Å². The van der Waals surface area contributed by atoms with Crippen LogP contribution in [0.15, 0.2) is 23.6 Å². The molecule has 7 N–H and O–H groups in total. The van der Waals surface area contributed by atoms with Crippen molar-refractivity contribution in [3.8, 4) is 0 Å². The number of hydrogen-bond donors (Lipinski definition) is 6. The Morgan fingerprint density at radius 2 is 1.82 bits per heavy atom. The molecule has 0 radical (unpaired) electrons. The summed E-state index contributed by atoms with van der Waals surface area (Å²) in [5.74, 6) is -3.00. The Morgan fingerprint density at radius 3 is 2.44 bits per heavy atom. The minimum atomic E-state index is -1.24. The van der Waals surface area contributed by atoms with Crippen LogP contribution < -0.4 is 21.7 Å². The van der Waals surface area contributed by atoms with E-state index in [1.807, 2.05) is 44.5 Å². The van der Waals surface area contributed by atoms with Crippen molar-refractivity contribution in [2.24, 2.45) is 17.3 Å². The first-order valence-electron chi connectivity index (χ1n) is 22.2. The SMILES string of the molecule is CCCCCCN(C(=O)C(NC(=O)[C@H]1CCCCN1C)C(C)CC)C(CC(OC(=O)NCCO)c1nc(C(=O)NC(Cc2ccc(N)c(F)c2)CC(C)(C)C(=O)O)cs1)C(C)C. The molecule has 0 spiro atoms. The van der Waals surface area contributed by atoms with Gasteiger partial charge in [0.25, 0.3) is 5.91 Å². The number of benzene rings is 1. The number of ether oxygens (including phenoxy) is 1. The quantitative estimate of drug-likeness (QED) is 0.0480. The average molecular weight is 890 g/mol. The molecule has 1 fully saturated rings. The topological polar surface area (TPSA) is 217 Å². The minimum Gasteiger partial charge on any atom is -0.481 e. The number of piperidine rings is 1. The molecule has 1 aliphatic rings. The number of nitrogens with zero attached hydrogens (tertiary/aromatic N) is 3. The Balaban J connectivity index is 2.01. The van der Waals surface area contributed by atoms with Gasteiger partial charge in [-0.2, -0.15) is 0 Å². The molecular formula is C45H72FN7O8S. The van der Waals surface area contributed by atoms with Gasteiger partial charge in [0.05, 0.1) is 23.8 Å². The Morgan fingerprint density at radius 1 is 1.10 bits per heavy atom. The largest absolute Gasteiger partial charge is 0.481 e. The number of anilines is 1. The Kier molecular flexibility index (Phi) is 21.0. The molecule has 1 aromatic carbocycles. The molecule has 0 saturated carbocycles. The number of nitrogens with two attached hydrogens (primary N) is 1. The van der Waals surface area contributed by atoms with Gasteiger partial charge in [0.15, 0.2) is 6.10 Å². The standard InChI is InChI=1S/C45H72FN7O8S/c1-9-11-12-14-21-53(42(57)38(29(5)10-2)51-40(56)35-16-13-15-20-52(35)8)36(28(3)4)25-37(61-44(60)48-19-22-54)41-50-34(27-62-41)39(55)49-31(26-45(6,7)43(58)59)23-30-17-18-33(47)32(46)24-30/h17-18,24,27-29,31,35-38,54H,9-16,19-23,25-26,47H2,1-8H3,(H,48,60)(H,49,55)(H,51,56)(H,58,59)/t29?,31?,35-,36?,37?,38?/m1/s1. The summed E-state index contributed by atoms with van der Waals surface area (Å²) in [7, 11) is 1.94. The normalized spacial score (nSPS) is 17.0. The number of carbonyl (C=O) groups excluding carboxylic acids is 4. The number of aliphatic hydroxyl groups is 1. The molecule has 62 heavy (non-hydrogen) atoms. The lowest BCUT2D eigenvalue weighted by Crippen LogP contribution is -2.59. The summed E-state index contributed by atoms with van der Waals surface area (Å²) in [6, 6.07) is 1.93. The van der Waals surface area contributed by atoms with E-state index in [1.54, 1.807) is 19.9 Å². The van der Waals surface area contributed by atoms with Crippen LogP contribution in [0.2, 0.25) is 0 Å². The first kappa shape index (κ1) is 52.0. The number of carboxylic acid groups (broad SMARTS) is 1. The number of alkyl carbamates (subject to hydrolysis) is 1. The lowest BCUT2D eigenvalue weighted by Gasteiger charge is -2.40. The molecule has 15 nitrogen and oxygen atoms in total. The third-order valence-electron chi connectivity index (χ3n) is 11.9. The maximum atomic E-state index is 15.0. The number of halogens is 1. The summed E-state index contributed by atoms with van der Waals surface area (Å²) in [6.07, 6.45) is 5.31. The van der Waals surface area contributed by atoms with E-state index in [-0.39, 0.29) is 78.5 Å². The van der Waals surface area contributed by atoms with Crippen molar-refractivity contribution in [1.29, 1.82) is 0 Å². The van der Waals surface area contributed by atoms with Gasteiger partial charge in [0.2, 0.25) is 11.8 Å². The number of thiazole rings is 1. The number of likely N-dealkylation sites (tertiary alicyclic amines) is 1. The van der Waals surface area contributed by atoms with Crippen molar-refractivity contribution in [3.05, 3.63) is 45.7 Å². The van der Waals surface area contributed by atoms with Gasteiger partial charge in [-0.1, -0.05) is 72.8 Å². The van der Waals surface area contributed by atoms with E-state index in [2.05, 4.69) is 27.9 Å². The van der Waals surface area contributed by atoms with Gasteiger partial charge in [0.1, 0.15) is 22.6 Å². The van der Waals surface area contributed by atoms with Crippen LogP contribution in [0.3, 0.4) is 0 Å². The fraction of sp³-hybridized carbons (Fsp3) is 0.689. The van der Waals surface area contributed by atoms with Crippen molar-refractivity contribution < 1.29 is 43.3 Å².